The molecule has 3 amide bonds. The molecular formula is C25H38N8O6. The van der Waals surface area contributed by atoms with Crippen molar-refractivity contribution in [3.63, 3.8) is 0 Å². The number of H-pyrrole nitrogens is 1. The molecule has 12 N–H and O–H groups in total. The number of aromatic amines is 1. The van der Waals surface area contributed by atoms with Gasteiger partial charge in [-0.05, 0) is 30.4 Å². The van der Waals surface area contributed by atoms with Gasteiger partial charge in [-0.1, -0.05) is 32.0 Å². The molecule has 0 fully saturated rings. The largest absolute Gasteiger partial charge is 0.480 e. The second-order valence-corrected chi connectivity index (χ2v) is 9.49. The number of rotatable bonds is 15. The molecule has 4 atom stereocenters. The maximum atomic E-state index is 13.4. The minimum absolute atomic E-state index is 0.0385. The summed E-state index contributed by atoms with van der Waals surface area (Å²) in [7, 11) is 0. The Bertz CT molecular complexity index is 1180. The SMILES string of the molecule is CC(C)C(NC(=O)C(Cc1c[nH]c2ccccc12)NC(=O)C(CCCN=C(N)N)NC(=O)C(N)CO)C(=O)O. The van der Waals surface area contributed by atoms with Gasteiger partial charge in [-0.25, -0.2) is 4.79 Å². The zero-order valence-electron chi connectivity index (χ0n) is 22.0. The van der Waals surface area contributed by atoms with Crippen molar-refractivity contribution in [1.29, 1.82) is 0 Å². The Hall–Kier alpha value is -4.17. The average molecular weight is 547 g/mol. The molecule has 0 spiro atoms. The summed E-state index contributed by atoms with van der Waals surface area (Å²) in [5.74, 6) is -3.92. The monoisotopic (exact) mass is 546 g/mol. The van der Waals surface area contributed by atoms with E-state index in [0.717, 1.165) is 16.5 Å². The Balaban J connectivity index is 2.32. The molecule has 0 bridgehead atoms. The lowest BCUT2D eigenvalue weighted by Crippen LogP contribution is -2.58. The number of aromatic nitrogens is 1. The van der Waals surface area contributed by atoms with E-state index in [1.165, 1.54) is 0 Å². The van der Waals surface area contributed by atoms with Crippen molar-refractivity contribution in [2.75, 3.05) is 13.2 Å². The molecule has 14 nitrogen and oxygen atoms in total. The molecule has 214 valence electrons. The number of nitrogens with two attached hydrogens (primary N) is 3. The fraction of sp³-hybridized carbons (Fsp3) is 0.480. The number of carbonyl (C=O) groups is 4. The molecule has 1 aromatic heterocycles. The van der Waals surface area contributed by atoms with Gasteiger partial charge in [0.2, 0.25) is 17.7 Å². The number of aliphatic hydroxyl groups excluding tert-OH is 1. The number of carboxylic acids is 1. The Morgan fingerprint density at radius 1 is 1.00 bits per heavy atom. The number of benzene rings is 1. The normalized spacial score (nSPS) is 14.2. The van der Waals surface area contributed by atoms with Crippen molar-refractivity contribution in [1.82, 2.24) is 20.9 Å². The van der Waals surface area contributed by atoms with E-state index in [0.29, 0.717) is 6.42 Å². The van der Waals surface area contributed by atoms with Crippen molar-refractivity contribution < 1.29 is 29.4 Å². The maximum Gasteiger partial charge on any atom is 0.326 e. The zero-order valence-corrected chi connectivity index (χ0v) is 22.0. The number of aliphatic carboxylic acids is 1. The third-order valence-corrected chi connectivity index (χ3v) is 6.07. The van der Waals surface area contributed by atoms with E-state index in [9.17, 15) is 29.4 Å². The number of para-hydroxylation sites is 1. The van der Waals surface area contributed by atoms with Gasteiger partial charge in [0.05, 0.1) is 6.61 Å². The van der Waals surface area contributed by atoms with Crippen molar-refractivity contribution in [2.45, 2.75) is 57.3 Å². The molecule has 14 heteroatoms. The van der Waals surface area contributed by atoms with E-state index in [1.807, 2.05) is 24.3 Å². The number of hydrogen-bond donors (Lipinski definition) is 9. The zero-order chi connectivity index (χ0) is 29.1. The number of fused-ring (bicyclic) bond motifs is 1. The summed E-state index contributed by atoms with van der Waals surface area (Å²) in [5, 5.41) is 27.3. The van der Waals surface area contributed by atoms with Gasteiger partial charge in [0.1, 0.15) is 24.2 Å². The highest BCUT2D eigenvalue weighted by Crippen LogP contribution is 2.19. The van der Waals surface area contributed by atoms with E-state index < -0.39 is 60.4 Å². The standard InChI is InChI=1S/C25H38N8O6/c1-13(2)20(24(38)39)33-23(37)19(10-14-11-30-17-7-4-3-6-15(14)17)32-22(36)18(8-5-9-29-25(27)28)31-21(35)16(26)12-34/h3-4,6-7,11,13,16,18-20,30,34H,5,8-10,12,26H2,1-2H3,(H,31,35)(H,32,36)(H,33,37)(H,38,39)(H4,27,28,29). The highest BCUT2D eigenvalue weighted by molar-refractivity contribution is 5.95. The number of hydrogen-bond acceptors (Lipinski definition) is 7. The molecule has 0 aliphatic heterocycles. The van der Waals surface area contributed by atoms with E-state index in [2.05, 4.69) is 25.9 Å². The molecule has 0 radical (unpaired) electrons. The first-order valence-corrected chi connectivity index (χ1v) is 12.5. The van der Waals surface area contributed by atoms with Gasteiger partial charge in [-0.15, -0.1) is 0 Å². The van der Waals surface area contributed by atoms with Crippen LogP contribution in [0.4, 0.5) is 0 Å². The van der Waals surface area contributed by atoms with Crippen LogP contribution in [0.1, 0.15) is 32.3 Å². The van der Waals surface area contributed by atoms with Gasteiger partial charge in [-0.3, -0.25) is 19.4 Å². The molecule has 1 aromatic carbocycles. The van der Waals surface area contributed by atoms with Gasteiger partial charge < -0.3 is 48.3 Å². The van der Waals surface area contributed by atoms with Crippen molar-refractivity contribution in [3.05, 3.63) is 36.0 Å². The van der Waals surface area contributed by atoms with Gasteiger partial charge >= 0.3 is 5.97 Å². The summed E-state index contributed by atoms with van der Waals surface area (Å²) in [6, 6.07) is 2.64. The van der Waals surface area contributed by atoms with E-state index in [-0.39, 0.29) is 25.3 Å². The van der Waals surface area contributed by atoms with Crippen molar-refractivity contribution in [3.8, 4) is 0 Å². The second kappa shape index (κ2) is 14.7. The molecule has 1 heterocycles. The smallest absolute Gasteiger partial charge is 0.326 e. The lowest BCUT2D eigenvalue weighted by molar-refractivity contribution is -0.143. The number of aliphatic hydroxyl groups is 1. The number of nitrogens with one attached hydrogen (secondary N) is 4. The first-order valence-electron chi connectivity index (χ1n) is 12.5. The van der Waals surface area contributed by atoms with Crippen LogP contribution < -0.4 is 33.2 Å². The molecule has 39 heavy (non-hydrogen) atoms. The van der Waals surface area contributed by atoms with E-state index in [4.69, 9.17) is 17.2 Å². The van der Waals surface area contributed by atoms with Gasteiger partial charge in [0.25, 0.3) is 0 Å². The van der Waals surface area contributed by atoms with Gasteiger partial charge in [0.15, 0.2) is 5.96 Å². The fourth-order valence-corrected chi connectivity index (χ4v) is 3.90. The molecule has 0 aliphatic rings. The predicted molar refractivity (Wildman–Crippen MR) is 145 cm³/mol. The number of guanidine groups is 1. The number of carbonyl (C=O) groups excluding carboxylic acids is 3. The maximum absolute atomic E-state index is 13.4. The number of amides is 3. The van der Waals surface area contributed by atoms with Crippen LogP contribution in [0.3, 0.4) is 0 Å². The summed E-state index contributed by atoms with van der Waals surface area (Å²) in [4.78, 5) is 57.7. The van der Waals surface area contributed by atoms with Crippen LogP contribution in [0.5, 0.6) is 0 Å². The van der Waals surface area contributed by atoms with Crippen molar-refractivity contribution in [2.24, 2.45) is 28.1 Å². The predicted octanol–water partition coefficient (Wildman–Crippen LogP) is -1.72. The van der Waals surface area contributed by atoms with Crippen LogP contribution in [-0.2, 0) is 25.6 Å². The second-order valence-electron chi connectivity index (χ2n) is 9.49. The Labute approximate surface area is 225 Å². The lowest BCUT2D eigenvalue weighted by atomic mass is 10.0. The summed E-state index contributed by atoms with van der Waals surface area (Å²) in [5.41, 5.74) is 17.8. The van der Waals surface area contributed by atoms with Gasteiger partial charge in [-0.2, -0.15) is 0 Å². The van der Waals surface area contributed by atoms with Crippen LogP contribution in [0.25, 0.3) is 10.9 Å². The first kappa shape index (κ1) is 31.1. The van der Waals surface area contributed by atoms with Gasteiger partial charge in [0, 0.05) is 30.1 Å². The highest BCUT2D eigenvalue weighted by atomic mass is 16.4. The minimum Gasteiger partial charge on any atom is -0.480 e. The molecular weight excluding hydrogens is 508 g/mol. The molecule has 2 aromatic rings. The van der Waals surface area contributed by atoms with Crippen LogP contribution >= 0.6 is 0 Å². The van der Waals surface area contributed by atoms with E-state index in [1.54, 1.807) is 20.0 Å². The third kappa shape index (κ3) is 9.26. The Morgan fingerprint density at radius 3 is 2.26 bits per heavy atom. The van der Waals surface area contributed by atoms with Crippen LogP contribution in [0.2, 0.25) is 0 Å². The highest BCUT2D eigenvalue weighted by Gasteiger charge is 2.31. The Kier molecular flexibility index (Phi) is 11.7. The molecule has 2 rings (SSSR count). The molecule has 4 unspecified atom stereocenters. The summed E-state index contributed by atoms with van der Waals surface area (Å²) >= 11 is 0. The van der Waals surface area contributed by atoms with Crippen molar-refractivity contribution >= 4 is 40.6 Å². The Morgan fingerprint density at radius 2 is 1.64 bits per heavy atom. The quantitative estimate of drug-likeness (QED) is 0.0698. The number of aliphatic imine (C=N–C) groups is 1. The molecule has 0 aliphatic carbocycles. The average Bonchev–Trinajstić information content (AvgIpc) is 3.29. The summed E-state index contributed by atoms with van der Waals surface area (Å²) in [6.45, 7) is 2.85. The first-order chi connectivity index (χ1) is 18.4. The van der Waals surface area contributed by atoms with Crippen LogP contribution in [0, 0.1) is 5.92 Å². The summed E-state index contributed by atoms with van der Waals surface area (Å²) < 4.78 is 0. The minimum atomic E-state index is -1.26. The number of carboxylic acid groups (broad SMARTS) is 1. The topological polar surface area (TPSA) is 251 Å². The van der Waals surface area contributed by atoms with Crippen LogP contribution in [-0.4, -0.2) is 82.2 Å². The third-order valence-electron chi connectivity index (χ3n) is 6.07. The lowest BCUT2D eigenvalue weighted by Gasteiger charge is -2.26. The number of nitrogens with zero attached hydrogens (tertiary/aromatic N) is 1. The molecule has 0 saturated heterocycles. The van der Waals surface area contributed by atoms with E-state index >= 15 is 0 Å². The van der Waals surface area contributed by atoms with Crippen LogP contribution in [0.15, 0.2) is 35.5 Å². The fourth-order valence-electron chi connectivity index (χ4n) is 3.90. The summed E-state index contributed by atoms with van der Waals surface area (Å²) in [6.07, 6.45) is 2.15. The molecule has 0 saturated carbocycles.